The van der Waals surface area contributed by atoms with Gasteiger partial charge in [0.25, 0.3) is 0 Å². The van der Waals surface area contributed by atoms with Crippen LogP contribution in [0.25, 0.3) is 0 Å². The first-order valence-electron chi connectivity index (χ1n) is 3.55. The van der Waals surface area contributed by atoms with E-state index in [0.29, 0.717) is 0 Å². The fraction of sp³-hybridized carbons (Fsp3) is 0.714. The van der Waals surface area contributed by atoms with Crippen molar-refractivity contribution in [2.24, 2.45) is 0 Å². The van der Waals surface area contributed by atoms with Gasteiger partial charge < -0.3 is 4.65 Å². The van der Waals surface area contributed by atoms with E-state index >= 15 is 0 Å². The third-order valence-electron chi connectivity index (χ3n) is 1.21. The Hall–Kier alpha value is -0.235. The topological polar surface area (TPSA) is 9.23 Å². The molecule has 0 rings (SSSR count). The predicted octanol–water partition coefficient (Wildman–Crippen LogP) is 2.15. The fourth-order valence-electron chi connectivity index (χ4n) is 0.482. The molecule has 0 atom stereocenters. The molecule has 9 heavy (non-hydrogen) atoms. The Labute approximate surface area is 58.2 Å². The molecule has 0 spiro atoms. The van der Waals surface area contributed by atoms with E-state index in [2.05, 4.69) is 13.5 Å². The molecule has 0 radical (unpaired) electrons. The van der Waals surface area contributed by atoms with E-state index < -0.39 is 0 Å². The molecule has 0 bridgehead atoms. The highest BCUT2D eigenvalue weighted by Gasteiger charge is 1.98. The van der Waals surface area contributed by atoms with Gasteiger partial charge in [0.2, 0.25) is 0 Å². The van der Waals surface area contributed by atoms with Crippen molar-refractivity contribution in [1.29, 1.82) is 0 Å². The molecular weight excluding hydrogens is 111 g/mol. The lowest BCUT2D eigenvalue weighted by molar-refractivity contribution is 0.320. The Morgan fingerprint density at radius 3 is 2.78 bits per heavy atom. The van der Waals surface area contributed by atoms with Gasteiger partial charge in [-0.2, -0.15) is 0 Å². The van der Waals surface area contributed by atoms with E-state index in [0.717, 1.165) is 13.0 Å². The van der Waals surface area contributed by atoms with Gasteiger partial charge in [0.15, 0.2) is 0 Å². The quantitative estimate of drug-likeness (QED) is 0.405. The molecule has 0 N–H and O–H groups in total. The molecule has 0 aliphatic heterocycles. The Morgan fingerprint density at radius 1 is 1.67 bits per heavy atom. The average Bonchev–Trinajstić information content (AvgIpc) is 1.89. The van der Waals surface area contributed by atoms with Crippen molar-refractivity contribution >= 4 is 6.92 Å². The van der Waals surface area contributed by atoms with Gasteiger partial charge in [0.1, 0.15) is 0 Å². The molecule has 0 fully saturated rings. The number of rotatable bonds is 5. The third-order valence-corrected chi connectivity index (χ3v) is 1.21. The zero-order valence-electron chi connectivity index (χ0n) is 6.39. The maximum Gasteiger partial charge on any atom is 0.315 e. The molecule has 0 amide bonds. The number of unbranched alkanes of at least 4 members (excludes halogenated alkanes) is 1. The summed E-state index contributed by atoms with van der Waals surface area (Å²) < 4.78 is 5.31. The van der Waals surface area contributed by atoms with Crippen LogP contribution in [0.15, 0.2) is 12.6 Å². The van der Waals surface area contributed by atoms with Gasteiger partial charge in [-0.05, 0) is 6.42 Å². The molecule has 0 aromatic heterocycles. The zero-order valence-corrected chi connectivity index (χ0v) is 6.39. The van der Waals surface area contributed by atoms with Crippen LogP contribution in [0.4, 0.5) is 0 Å². The minimum Gasteiger partial charge on any atom is -0.432 e. The Balaban J connectivity index is 2.96. The van der Waals surface area contributed by atoms with E-state index in [4.69, 9.17) is 4.65 Å². The SMILES string of the molecule is C=CB(C)OCCCC. The van der Waals surface area contributed by atoms with Crippen molar-refractivity contribution in [2.75, 3.05) is 6.61 Å². The van der Waals surface area contributed by atoms with Crippen LogP contribution in [0, 0.1) is 0 Å². The van der Waals surface area contributed by atoms with E-state index in [1.165, 1.54) is 6.42 Å². The van der Waals surface area contributed by atoms with Gasteiger partial charge in [0, 0.05) is 6.61 Å². The molecule has 0 heterocycles. The summed E-state index contributed by atoms with van der Waals surface area (Å²) in [6.45, 7) is 8.86. The highest BCUT2D eigenvalue weighted by molar-refractivity contribution is 6.55. The van der Waals surface area contributed by atoms with Crippen LogP contribution in [0.3, 0.4) is 0 Å². The highest BCUT2D eigenvalue weighted by Crippen LogP contribution is 1.91. The van der Waals surface area contributed by atoms with Gasteiger partial charge in [-0.25, -0.2) is 0 Å². The van der Waals surface area contributed by atoms with Crippen molar-refractivity contribution in [3.8, 4) is 0 Å². The number of hydrogen-bond acceptors (Lipinski definition) is 1. The summed E-state index contributed by atoms with van der Waals surface area (Å²) in [6.07, 6.45) is 2.35. The van der Waals surface area contributed by atoms with Crippen LogP contribution in [0.5, 0.6) is 0 Å². The second-order valence-corrected chi connectivity index (χ2v) is 2.17. The minimum absolute atomic E-state index is 0.219. The predicted molar refractivity (Wildman–Crippen MR) is 42.7 cm³/mol. The second kappa shape index (κ2) is 5.89. The summed E-state index contributed by atoms with van der Waals surface area (Å²) in [5.74, 6) is 1.82. The highest BCUT2D eigenvalue weighted by atomic mass is 16.4. The van der Waals surface area contributed by atoms with Crippen molar-refractivity contribution in [3.63, 3.8) is 0 Å². The third kappa shape index (κ3) is 5.64. The van der Waals surface area contributed by atoms with Gasteiger partial charge in [-0.3, -0.25) is 0 Å². The molecule has 0 aromatic rings. The molecule has 0 saturated carbocycles. The summed E-state index contributed by atoms with van der Waals surface area (Å²) >= 11 is 0. The van der Waals surface area contributed by atoms with Crippen LogP contribution in [-0.4, -0.2) is 13.5 Å². The first-order valence-corrected chi connectivity index (χ1v) is 3.55. The van der Waals surface area contributed by atoms with Crippen LogP contribution < -0.4 is 0 Å². The normalized spacial score (nSPS) is 9.11. The smallest absolute Gasteiger partial charge is 0.315 e. The minimum atomic E-state index is 0.219. The summed E-state index contributed by atoms with van der Waals surface area (Å²) in [5, 5.41) is 0. The summed E-state index contributed by atoms with van der Waals surface area (Å²) in [5.41, 5.74) is 0. The van der Waals surface area contributed by atoms with Gasteiger partial charge in [-0.15, -0.1) is 6.58 Å². The van der Waals surface area contributed by atoms with E-state index in [1.54, 1.807) is 0 Å². The van der Waals surface area contributed by atoms with Gasteiger partial charge in [-0.1, -0.05) is 26.1 Å². The van der Waals surface area contributed by atoms with Crippen molar-refractivity contribution in [2.45, 2.75) is 26.6 Å². The fourth-order valence-corrected chi connectivity index (χ4v) is 0.482. The lowest BCUT2D eigenvalue weighted by Gasteiger charge is -2.02. The molecule has 0 aromatic carbocycles. The molecule has 0 aliphatic rings. The Bertz CT molecular complexity index is 73.3. The van der Waals surface area contributed by atoms with Crippen LogP contribution in [0.2, 0.25) is 6.82 Å². The monoisotopic (exact) mass is 126 g/mol. The van der Waals surface area contributed by atoms with Crippen LogP contribution in [-0.2, 0) is 4.65 Å². The lowest BCUT2D eigenvalue weighted by atomic mass is 9.72. The molecule has 0 saturated heterocycles. The number of hydrogen-bond donors (Lipinski definition) is 0. The maximum atomic E-state index is 5.31. The van der Waals surface area contributed by atoms with Crippen molar-refractivity contribution in [1.82, 2.24) is 0 Å². The molecule has 52 valence electrons. The first-order chi connectivity index (χ1) is 4.31. The Kier molecular flexibility index (Phi) is 5.74. The van der Waals surface area contributed by atoms with Crippen molar-refractivity contribution in [3.05, 3.63) is 12.6 Å². The average molecular weight is 126 g/mol. The standard InChI is InChI=1S/C7H15BO/c1-4-6-7-9-8(3)5-2/h5H,2,4,6-7H2,1,3H3. The van der Waals surface area contributed by atoms with E-state index in [-0.39, 0.29) is 6.92 Å². The summed E-state index contributed by atoms with van der Waals surface area (Å²) in [4.78, 5) is 0. The van der Waals surface area contributed by atoms with Gasteiger partial charge >= 0.3 is 6.92 Å². The summed E-state index contributed by atoms with van der Waals surface area (Å²) in [6, 6.07) is 0. The molecule has 2 heteroatoms. The van der Waals surface area contributed by atoms with Crippen molar-refractivity contribution < 1.29 is 4.65 Å². The summed E-state index contributed by atoms with van der Waals surface area (Å²) in [7, 11) is 0. The molecule has 0 unspecified atom stereocenters. The molecule has 1 nitrogen and oxygen atoms in total. The van der Waals surface area contributed by atoms with E-state index in [1.807, 2.05) is 12.8 Å². The zero-order chi connectivity index (χ0) is 7.11. The van der Waals surface area contributed by atoms with Crippen LogP contribution in [0.1, 0.15) is 19.8 Å². The lowest BCUT2D eigenvalue weighted by Crippen LogP contribution is -2.10. The maximum absolute atomic E-state index is 5.31. The second-order valence-electron chi connectivity index (χ2n) is 2.17. The van der Waals surface area contributed by atoms with E-state index in [9.17, 15) is 0 Å². The largest absolute Gasteiger partial charge is 0.432 e. The Morgan fingerprint density at radius 2 is 2.33 bits per heavy atom. The molecule has 0 aliphatic carbocycles. The van der Waals surface area contributed by atoms with Gasteiger partial charge in [0.05, 0.1) is 0 Å². The molecular formula is C7H15BO. The van der Waals surface area contributed by atoms with Crippen LogP contribution >= 0.6 is 0 Å². The first kappa shape index (κ1) is 8.76.